The molecule has 0 heterocycles. The molecule has 1 unspecified atom stereocenters. The van der Waals surface area contributed by atoms with E-state index < -0.39 is 0 Å². The molecule has 0 saturated carbocycles. The van der Waals surface area contributed by atoms with Crippen molar-refractivity contribution in [3.05, 3.63) is 35.9 Å². The number of guanidine groups is 1. The number of nitrogens with zero attached hydrogens (tertiary/aromatic N) is 2. The van der Waals surface area contributed by atoms with Crippen molar-refractivity contribution in [2.24, 2.45) is 4.99 Å². The highest BCUT2D eigenvalue weighted by atomic mass is 16.5. The van der Waals surface area contributed by atoms with E-state index >= 15 is 0 Å². The molecule has 5 heteroatoms. The maximum atomic E-state index is 5.32. The van der Waals surface area contributed by atoms with Gasteiger partial charge in [-0.25, -0.2) is 0 Å². The molecule has 0 radical (unpaired) electrons. The number of likely N-dealkylation sites (N-methyl/N-ethyl adjacent to an activating group) is 1. The predicted octanol–water partition coefficient (Wildman–Crippen LogP) is 1.36. The molecule has 2 N–H and O–H groups in total. The third-order valence-corrected chi connectivity index (χ3v) is 3.52. The van der Waals surface area contributed by atoms with Crippen LogP contribution in [0.3, 0.4) is 0 Å². The summed E-state index contributed by atoms with van der Waals surface area (Å²) in [6.07, 6.45) is 1.01. The highest BCUT2D eigenvalue weighted by molar-refractivity contribution is 5.79. The second-order valence-electron chi connectivity index (χ2n) is 5.38. The molecule has 0 saturated heterocycles. The molecule has 0 aliphatic rings. The number of rotatable bonds is 9. The van der Waals surface area contributed by atoms with Gasteiger partial charge in [-0.15, -0.1) is 0 Å². The fourth-order valence-corrected chi connectivity index (χ4v) is 2.14. The molecule has 0 fully saturated rings. The zero-order chi connectivity index (χ0) is 16.2. The highest BCUT2D eigenvalue weighted by Gasteiger charge is 2.12. The lowest BCUT2D eigenvalue weighted by atomic mass is 10.1. The molecular formula is C17H30N4O. The van der Waals surface area contributed by atoms with E-state index in [1.165, 1.54) is 5.56 Å². The summed E-state index contributed by atoms with van der Waals surface area (Å²) in [6.45, 7) is 5.04. The number of aliphatic imine (C=N–C) groups is 1. The summed E-state index contributed by atoms with van der Waals surface area (Å²) in [5.41, 5.74) is 1.35. The minimum atomic E-state index is 0.410. The van der Waals surface area contributed by atoms with Gasteiger partial charge in [0, 0.05) is 32.8 Å². The average Bonchev–Trinajstić information content (AvgIpc) is 2.53. The lowest BCUT2D eigenvalue weighted by Gasteiger charge is -2.25. The maximum Gasteiger partial charge on any atom is 0.191 e. The number of nitrogens with one attached hydrogen (secondary N) is 2. The zero-order valence-electron chi connectivity index (χ0n) is 14.3. The molecule has 5 nitrogen and oxygen atoms in total. The van der Waals surface area contributed by atoms with E-state index in [2.05, 4.69) is 65.0 Å². The molecule has 0 amide bonds. The van der Waals surface area contributed by atoms with Gasteiger partial charge in [0.15, 0.2) is 5.96 Å². The van der Waals surface area contributed by atoms with Gasteiger partial charge in [-0.2, -0.15) is 0 Å². The van der Waals surface area contributed by atoms with Crippen LogP contribution in [0.2, 0.25) is 0 Å². The normalized spacial score (nSPS) is 13.2. The number of hydrogen-bond donors (Lipinski definition) is 2. The summed E-state index contributed by atoms with van der Waals surface area (Å²) in [7, 11) is 6.01. The molecule has 0 aromatic heterocycles. The van der Waals surface area contributed by atoms with Crippen molar-refractivity contribution in [2.75, 3.05) is 47.4 Å². The summed E-state index contributed by atoms with van der Waals surface area (Å²) in [4.78, 5) is 6.49. The van der Waals surface area contributed by atoms with Crippen molar-refractivity contribution in [3.63, 3.8) is 0 Å². The molecule has 22 heavy (non-hydrogen) atoms. The van der Waals surface area contributed by atoms with Crippen LogP contribution in [0.15, 0.2) is 35.3 Å². The average molecular weight is 306 g/mol. The third-order valence-electron chi connectivity index (χ3n) is 3.52. The quantitative estimate of drug-likeness (QED) is 0.411. The first kappa shape index (κ1) is 18.5. The van der Waals surface area contributed by atoms with E-state index in [0.29, 0.717) is 12.6 Å². The van der Waals surface area contributed by atoms with Crippen molar-refractivity contribution < 1.29 is 4.74 Å². The predicted molar refractivity (Wildman–Crippen MR) is 93.5 cm³/mol. The lowest BCUT2D eigenvalue weighted by Crippen LogP contribution is -2.46. The zero-order valence-corrected chi connectivity index (χ0v) is 14.3. The molecule has 0 aliphatic carbocycles. The van der Waals surface area contributed by atoms with Crippen molar-refractivity contribution in [2.45, 2.75) is 19.4 Å². The van der Waals surface area contributed by atoms with Crippen LogP contribution in [-0.2, 0) is 11.2 Å². The molecule has 0 spiro atoms. The van der Waals surface area contributed by atoms with E-state index in [9.17, 15) is 0 Å². The maximum absolute atomic E-state index is 5.32. The summed E-state index contributed by atoms with van der Waals surface area (Å²) < 4.78 is 5.32. The van der Waals surface area contributed by atoms with Gasteiger partial charge in [-0.1, -0.05) is 30.3 Å². The van der Waals surface area contributed by atoms with Gasteiger partial charge in [0.2, 0.25) is 0 Å². The lowest BCUT2D eigenvalue weighted by molar-refractivity contribution is 0.152. The second kappa shape index (κ2) is 11.0. The van der Waals surface area contributed by atoms with E-state index in [1.807, 2.05) is 6.92 Å². The Labute approximate surface area is 134 Å². The van der Waals surface area contributed by atoms with Gasteiger partial charge in [-0.05, 0) is 33.0 Å². The van der Waals surface area contributed by atoms with Crippen LogP contribution >= 0.6 is 0 Å². The summed E-state index contributed by atoms with van der Waals surface area (Å²) in [6, 6.07) is 11.0. The fourth-order valence-electron chi connectivity index (χ4n) is 2.14. The van der Waals surface area contributed by atoms with Crippen LogP contribution < -0.4 is 10.6 Å². The van der Waals surface area contributed by atoms with Crippen LogP contribution in [0.5, 0.6) is 0 Å². The number of hydrogen-bond acceptors (Lipinski definition) is 3. The molecule has 1 atom stereocenters. The second-order valence-corrected chi connectivity index (χ2v) is 5.38. The first-order chi connectivity index (χ1) is 10.7. The van der Waals surface area contributed by atoms with E-state index in [1.54, 1.807) is 7.05 Å². The van der Waals surface area contributed by atoms with Crippen LogP contribution in [0.4, 0.5) is 0 Å². The highest BCUT2D eigenvalue weighted by Crippen LogP contribution is 2.06. The SMILES string of the molecule is CCOCCNC(=NC)NCC(Cc1ccccc1)N(C)C. The van der Waals surface area contributed by atoms with Crippen molar-refractivity contribution in [1.82, 2.24) is 15.5 Å². The first-order valence-electron chi connectivity index (χ1n) is 7.90. The molecule has 124 valence electrons. The van der Waals surface area contributed by atoms with Gasteiger partial charge in [0.05, 0.1) is 6.61 Å². The first-order valence-corrected chi connectivity index (χ1v) is 7.90. The largest absolute Gasteiger partial charge is 0.380 e. The van der Waals surface area contributed by atoms with Crippen LogP contribution in [0.25, 0.3) is 0 Å². The number of ether oxygens (including phenoxy) is 1. The van der Waals surface area contributed by atoms with Crippen LogP contribution in [0, 0.1) is 0 Å². The van der Waals surface area contributed by atoms with Crippen molar-refractivity contribution in [3.8, 4) is 0 Å². The van der Waals surface area contributed by atoms with Gasteiger partial charge in [0.25, 0.3) is 0 Å². The molecule has 0 bridgehead atoms. The Balaban J connectivity index is 2.42. The van der Waals surface area contributed by atoms with Crippen molar-refractivity contribution in [1.29, 1.82) is 0 Å². The Hall–Kier alpha value is -1.59. The Kier molecular flexibility index (Phi) is 9.26. The van der Waals surface area contributed by atoms with Crippen LogP contribution in [0.1, 0.15) is 12.5 Å². The topological polar surface area (TPSA) is 48.9 Å². The molecular weight excluding hydrogens is 276 g/mol. The minimum Gasteiger partial charge on any atom is -0.380 e. The van der Waals surface area contributed by atoms with Gasteiger partial charge < -0.3 is 20.3 Å². The monoisotopic (exact) mass is 306 g/mol. The summed E-state index contributed by atoms with van der Waals surface area (Å²) >= 11 is 0. The molecule has 1 aromatic carbocycles. The minimum absolute atomic E-state index is 0.410. The van der Waals surface area contributed by atoms with E-state index in [4.69, 9.17) is 4.74 Å². The van der Waals surface area contributed by atoms with Gasteiger partial charge in [0.1, 0.15) is 0 Å². The summed E-state index contributed by atoms with van der Waals surface area (Å²) in [5, 5.41) is 6.65. The van der Waals surface area contributed by atoms with E-state index in [0.717, 1.165) is 32.1 Å². The standard InChI is InChI=1S/C17H30N4O/c1-5-22-12-11-19-17(18-2)20-14-16(21(3)4)13-15-9-7-6-8-10-15/h6-10,16H,5,11-14H2,1-4H3,(H2,18,19,20). The Morgan fingerprint density at radius 2 is 1.95 bits per heavy atom. The third kappa shape index (κ3) is 7.43. The van der Waals surface area contributed by atoms with Gasteiger partial charge >= 0.3 is 0 Å². The molecule has 1 rings (SSSR count). The fraction of sp³-hybridized carbons (Fsp3) is 0.588. The summed E-state index contributed by atoms with van der Waals surface area (Å²) in [5.74, 6) is 0.819. The van der Waals surface area contributed by atoms with E-state index in [-0.39, 0.29) is 0 Å². The smallest absolute Gasteiger partial charge is 0.191 e. The Morgan fingerprint density at radius 1 is 1.23 bits per heavy atom. The van der Waals surface area contributed by atoms with Gasteiger partial charge in [-0.3, -0.25) is 4.99 Å². The Bertz CT molecular complexity index is 420. The van der Waals surface area contributed by atoms with Crippen LogP contribution in [-0.4, -0.2) is 64.3 Å². The number of benzene rings is 1. The molecule has 1 aromatic rings. The Morgan fingerprint density at radius 3 is 2.55 bits per heavy atom. The van der Waals surface area contributed by atoms with Crippen molar-refractivity contribution >= 4 is 5.96 Å². The molecule has 0 aliphatic heterocycles.